The van der Waals surface area contributed by atoms with Gasteiger partial charge in [0.2, 0.25) is 5.91 Å². The molecular weight excluding hydrogens is 288 g/mol. The summed E-state index contributed by atoms with van der Waals surface area (Å²) < 4.78 is 0. The number of nitrogens with two attached hydrogens (primary N) is 1. The highest BCUT2D eigenvalue weighted by Crippen LogP contribution is 2.18. The first kappa shape index (κ1) is 17.7. The molecule has 1 fully saturated rings. The lowest BCUT2D eigenvalue weighted by molar-refractivity contribution is -0.134. The molecule has 1 amide bonds. The lowest BCUT2D eigenvalue weighted by Crippen LogP contribution is -2.47. The molecule has 1 aliphatic heterocycles. The number of carbonyl (C=O) groups excluding carboxylic acids is 2. The van der Waals surface area contributed by atoms with E-state index in [0.29, 0.717) is 12.1 Å². The van der Waals surface area contributed by atoms with Gasteiger partial charge in [0.25, 0.3) is 0 Å². The molecule has 0 saturated carbocycles. The molecule has 0 radical (unpaired) electrons. The van der Waals surface area contributed by atoms with Crippen LogP contribution in [0, 0.1) is 0 Å². The van der Waals surface area contributed by atoms with Gasteiger partial charge >= 0.3 is 0 Å². The first-order chi connectivity index (χ1) is 9.72. The maximum Gasteiger partial charge on any atom is 0.223 e. The van der Waals surface area contributed by atoms with E-state index in [9.17, 15) is 9.59 Å². The van der Waals surface area contributed by atoms with Crippen LogP contribution in [0.3, 0.4) is 0 Å². The Balaban J connectivity index is 0.00000220. The Bertz CT molecular complexity index is 465. The summed E-state index contributed by atoms with van der Waals surface area (Å²) in [5.41, 5.74) is 6.39. The molecule has 116 valence electrons. The van der Waals surface area contributed by atoms with Gasteiger partial charge in [0.15, 0.2) is 5.78 Å². The highest BCUT2D eigenvalue weighted by molar-refractivity contribution is 5.97. The van der Waals surface area contributed by atoms with Crippen molar-refractivity contribution in [1.29, 1.82) is 0 Å². The van der Waals surface area contributed by atoms with Gasteiger partial charge in [0.1, 0.15) is 0 Å². The fourth-order valence-corrected chi connectivity index (χ4v) is 2.71. The van der Waals surface area contributed by atoms with Crippen molar-refractivity contribution < 1.29 is 9.59 Å². The second kappa shape index (κ2) is 8.80. The lowest BCUT2D eigenvalue weighted by Gasteiger charge is -2.35. The van der Waals surface area contributed by atoms with E-state index < -0.39 is 0 Å². The molecule has 1 saturated heterocycles. The number of ketones is 1. The molecule has 1 aromatic carbocycles. The Kier molecular flexibility index (Phi) is 7.40. The molecule has 1 unspecified atom stereocenters. The summed E-state index contributed by atoms with van der Waals surface area (Å²) in [7, 11) is 0. The predicted octanol–water partition coefficient (Wildman–Crippen LogP) is 2.41. The number of Topliss-reactive ketones (excluding diaryl/α,β-unsaturated/α-hetero) is 1. The van der Waals surface area contributed by atoms with Gasteiger partial charge in [-0.15, -0.1) is 12.4 Å². The smallest absolute Gasteiger partial charge is 0.223 e. The number of piperidine rings is 1. The molecule has 0 aromatic heterocycles. The van der Waals surface area contributed by atoms with Crippen LogP contribution in [0.1, 0.15) is 42.5 Å². The zero-order valence-corrected chi connectivity index (χ0v) is 13.0. The maximum atomic E-state index is 12.2. The van der Waals surface area contributed by atoms with Gasteiger partial charge < -0.3 is 10.6 Å². The monoisotopic (exact) mass is 310 g/mol. The van der Waals surface area contributed by atoms with Gasteiger partial charge in [0.05, 0.1) is 0 Å². The molecule has 21 heavy (non-hydrogen) atoms. The first-order valence-electron chi connectivity index (χ1n) is 7.30. The minimum absolute atomic E-state index is 0. The Morgan fingerprint density at radius 1 is 1.14 bits per heavy atom. The summed E-state index contributed by atoms with van der Waals surface area (Å²) in [4.78, 5) is 26.1. The summed E-state index contributed by atoms with van der Waals surface area (Å²) in [6, 6.07) is 9.28. The van der Waals surface area contributed by atoms with Crippen LogP contribution in [0.2, 0.25) is 0 Å². The van der Waals surface area contributed by atoms with Gasteiger partial charge in [-0.2, -0.15) is 0 Å². The van der Waals surface area contributed by atoms with Crippen LogP contribution in [0.4, 0.5) is 0 Å². The van der Waals surface area contributed by atoms with Crippen LogP contribution in [-0.2, 0) is 4.79 Å². The first-order valence-corrected chi connectivity index (χ1v) is 7.30. The molecule has 4 nitrogen and oxygen atoms in total. The highest BCUT2D eigenvalue weighted by atomic mass is 35.5. The minimum atomic E-state index is 0. The van der Waals surface area contributed by atoms with E-state index in [2.05, 4.69) is 0 Å². The molecule has 0 spiro atoms. The number of carbonyl (C=O) groups is 2. The Labute approximate surface area is 132 Å². The van der Waals surface area contributed by atoms with Gasteiger partial charge in [-0.05, 0) is 19.3 Å². The number of amides is 1. The molecule has 1 aliphatic rings. The molecule has 1 atom stereocenters. The van der Waals surface area contributed by atoms with E-state index in [-0.39, 0.29) is 43.0 Å². The standard InChI is InChI=1S/C16H22N2O2.ClH/c17-12-14-8-4-5-11-18(14)16(20)10-9-15(19)13-6-2-1-3-7-13;/h1-3,6-7,14H,4-5,8-12,17H2;1H. The van der Waals surface area contributed by atoms with Crippen molar-refractivity contribution in [3.8, 4) is 0 Å². The Morgan fingerprint density at radius 2 is 1.86 bits per heavy atom. The molecule has 1 aromatic rings. The maximum absolute atomic E-state index is 12.2. The SMILES string of the molecule is Cl.NCC1CCCCN1C(=O)CCC(=O)c1ccccc1. The fraction of sp³-hybridized carbons (Fsp3) is 0.500. The van der Waals surface area contributed by atoms with Gasteiger partial charge in [-0.1, -0.05) is 30.3 Å². The molecule has 0 aliphatic carbocycles. The number of nitrogens with zero attached hydrogens (tertiary/aromatic N) is 1. The van der Waals surface area contributed by atoms with Crippen molar-refractivity contribution in [2.75, 3.05) is 13.1 Å². The molecule has 5 heteroatoms. The Hall–Kier alpha value is -1.39. The van der Waals surface area contributed by atoms with E-state index in [1.807, 2.05) is 23.1 Å². The third kappa shape index (κ3) is 4.83. The van der Waals surface area contributed by atoms with Crippen molar-refractivity contribution in [3.05, 3.63) is 35.9 Å². The third-order valence-corrected chi connectivity index (χ3v) is 3.88. The average Bonchev–Trinajstić information content (AvgIpc) is 2.53. The predicted molar refractivity (Wildman–Crippen MR) is 85.7 cm³/mol. The second-order valence-electron chi connectivity index (χ2n) is 5.26. The summed E-state index contributed by atoms with van der Waals surface area (Å²) in [5.74, 6) is 0.0877. The van der Waals surface area contributed by atoms with Crippen LogP contribution in [-0.4, -0.2) is 35.7 Å². The average molecular weight is 311 g/mol. The quantitative estimate of drug-likeness (QED) is 0.849. The topological polar surface area (TPSA) is 63.4 Å². The molecule has 2 N–H and O–H groups in total. The fourth-order valence-electron chi connectivity index (χ4n) is 2.71. The summed E-state index contributed by atoms with van der Waals surface area (Å²) >= 11 is 0. The highest BCUT2D eigenvalue weighted by Gasteiger charge is 2.25. The van der Waals surface area contributed by atoms with Crippen LogP contribution in [0.25, 0.3) is 0 Å². The number of halogens is 1. The number of rotatable bonds is 5. The number of benzene rings is 1. The molecule has 1 heterocycles. The van der Waals surface area contributed by atoms with E-state index in [4.69, 9.17) is 5.73 Å². The van der Waals surface area contributed by atoms with E-state index in [0.717, 1.165) is 25.8 Å². The summed E-state index contributed by atoms with van der Waals surface area (Å²) in [6.07, 6.45) is 3.71. The number of likely N-dealkylation sites (tertiary alicyclic amines) is 1. The summed E-state index contributed by atoms with van der Waals surface area (Å²) in [6.45, 7) is 1.29. The van der Waals surface area contributed by atoms with Gasteiger partial charge in [-0.3, -0.25) is 9.59 Å². The van der Waals surface area contributed by atoms with Crippen molar-refractivity contribution in [2.45, 2.75) is 38.1 Å². The van der Waals surface area contributed by atoms with Crippen molar-refractivity contribution in [1.82, 2.24) is 4.90 Å². The van der Waals surface area contributed by atoms with Gasteiger partial charge in [-0.25, -0.2) is 0 Å². The van der Waals surface area contributed by atoms with Crippen LogP contribution in [0.5, 0.6) is 0 Å². The zero-order chi connectivity index (χ0) is 14.4. The van der Waals surface area contributed by atoms with Crippen LogP contribution >= 0.6 is 12.4 Å². The molecular formula is C16H23ClN2O2. The minimum Gasteiger partial charge on any atom is -0.338 e. The second-order valence-corrected chi connectivity index (χ2v) is 5.26. The third-order valence-electron chi connectivity index (χ3n) is 3.88. The number of hydrogen-bond donors (Lipinski definition) is 1. The van der Waals surface area contributed by atoms with E-state index in [1.165, 1.54) is 0 Å². The van der Waals surface area contributed by atoms with Crippen molar-refractivity contribution in [2.24, 2.45) is 5.73 Å². The van der Waals surface area contributed by atoms with Crippen LogP contribution in [0.15, 0.2) is 30.3 Å². The van der Waals surface area contributed by atoms with Crippen molar-refractivity contribution in [3.63, 3.8) is 0 Å². The largest absolute Gasteiger partial charge is 0.338 e. The zero-order valence-electron chi connectivity index (χ0n) is 12.2. The lowest BCUT2D eigenvalue weighted by atomic mass is 10.0. The van der Waals surface area contributed by atoms with E-state index >= 15 is 0 Å². The van der Waals surface area contributed by atoms with Crippen LogP contribution < -0.4 is 5.73 Å². The van der Waals surface area contributed by atoms with Crippen molar-refractivity contribution >= 4 is 24.1 Å². The Morgan fingerprint density at radius 3 is 2.52 bits per heavy atom. The summed E-state index contributed by atoms with van der Waals surface area (Å²) in [5, 5.41) is 0. The van der Waals surface area contributed by atoms with E-state index in [1.54, 1.807) is 12.1 Å². The number of hydrogen-bond acceptors (Lipinski definition) is 3. The molecule has 0 bridgehead atoms. The van der Waals surface area contributed by atoms with Gasteiger partial charge in [0, 0.05) is 37.5 Å². The molecule has 2 rings (SSSR count). The normalized spacial score (nSPS) is 18.0.